The molecule has 4 aliphatic rings. The van der Waals surface area contributed by atoms with E-state index in [-0.39, 0.29) is 16.7 Å². The van der Waals surface area contributed by atoms with Crippen molar-refractivity contribution in [1.29, 1.82) is 0 Å². The molecule has 1 heterocycles. The first-order chi connectivity index (χ1) is 12.8. The Hall–Kier alpha value is -0.790. The molecule has 4 rings (SSSR count). The van der Waals surface area contributed by atoms with Gasteiger partial charge in [0.1, 0.15) is 11.7 Å². The Labute approximate surface area is 168 Å². The van der Waals surface area contributed by atoms with Crippen LogP contribution in [0.15, 0.2) is 17.2 Å². The minimum absolute atomic E-state index is 0.213. The number of allylic oxidation sites excluding steroid dienone is 2. The molecule has 0 radical (unpaired) electrons. The normalized spacial score (nSPS) is 46.4. The number of Topliss-reactive ketones (excluding diaryl/α,β-unsaturated/α-hetero) is 1. The van der Waals surface area contributed by atoms with Crippen LogP contribution in [0.3, 0.4) is 0 Å². The molecule has 27 heavy (non-hydrogen) atoms. The largest absolute Gasteiger partial charge is 0.300 e. The Morgan fingerprint density at radius 1 is 1.26 bits per heavy atom. The van der Waals surface area contributed by atoms with Crippen LogP contribution in [0.2, 0.25) is 0 Å². The second-order valence-corrected chi connectivity index (χ2v) is 11.5. The van der Waals surface area contributed by atoms with Gasteiger partial charge in [-0.1, -0.05) is 20.8 Å². The molecule has 0 aromatic heterocycles. The highest BCUT2D eigenvalue weighted by molar-refractivity contribution is 8.00. The van der Waals surface area contributed by atoms with E-state index in [1.807, 2.05) is 6.92 Å². The van der Waals surface area contributed by atoms with Crippen LogP contribution >= 0.6 is 11.8 Å². The van der Waals surface area contributed by atoms with Gasteiger partial charge in [0.2, 0.25) is 0 Å². The van der Waals surface area contributed by atoms with Crippen molar-refractivity contribution in [2.24, 2.45) is 34.5 Å². The zero-order valence-corrected chi connectivity index (χ0v) is 18.2. The van der Waals surface area contributed by atoms with Crippen LogP contribution in [0.25, 0.3) is 0 Å². The second kappa shape index (κ2) is 6.92. The van der Waals surface area contributed by atoms with E-state index in [2.05, 4.69) is 44.6 Å². The third-order valence-corrected chi connectivity index (χ3v) is 10.5. The van der Waals surface area contributed by atoms with Crippen LogP contribution in [0.5, 0.6) is 0 Å². The molecule has 0 amide bonds. The zero-order chi connectivity index (χ0) is 19.4. The molecule has 7 unspecified atom stereocenters. The molecular formula is C24H34O2S. The third kappa shape index (κ3) is 3.10. The number of fused-ring (bicyclic) bond motifs is 2. The quantitative estimate of drug-likeness (QED) is 0.588. The van der Waals surface area contributed by atoms with Crippen molar-refractivity contribution in [1.82, 2.24) is 0 Å². The molecule has 3 heteroatoms. The minimum atomic E-state index is 0.213. The number of hydrogen-bond donors (Lipinski definition) is 0. The summed E-state index contributed by atoms with van der Waals surface area (Å²) in [5.41, 5.74) is 2.87. The molecular weight excluding hydrogens is 352 g/mol. The molecule has 3 aliphatic carbocycles. The van der Waals surface area contributed by atoms with Crippen LogP contribution in [0.4, 0.5) is 0 Å². The lowest BCUT2D eigenvalue weighted by molar-refractivity contribution is -0.126. The van der Waals surface area contributed by atoms with Crippen LogP contribution < -0.4 is 0 Å². The number of hydrogen-bond acceptors (Lipinski definition) is 3. The van der Waals surface area contributed by atoms with Gasteiger partial charge >= 0.3 is 0 Å². The van der Waals surface area contributed by atoms with Crippen LogP contribution in [0, 0.1) is 34.5 Å². The minimum Gasteiger partial charge on any atom is -0.300 e. The Morgan fingerprint density at radius 2 is 2.04 bits per heavy atom. The van der Waals surface area contributed by atoms with Crippen molar-refractivity contribution < 1.29 is 9.59 Å². The van der Waals surface area contributed by atoms with Gasteiger partial charge in [0.05, 0.1) is 0 Å². The zero-order valence-electron chi connectivity index (χ0n) is 17.3. The third-order valence-electron chi connectivity index (χ3n) is 8.83. The molecule has 1 aliphatic heterocycles. The summed E-state index contributed by atoms with van der Waals surface area (Å²) in [5, 5.41) is 0.546. The standard InChI is InChI=1S/C24H34O2S/c1-15-7-10-24(4)19(16(2)26)5-6-20(24)18(15)12-22-21-11-17(13-25)8-9-23(21,3)14-27-22/h11,15,18-20,22H,5-10,12,14H2,1-4H3. The highest BCUT2D eigenvalue weighted by Crippen LogP contribution is 2.62. The average Bonchev–Trinajstić information content (AvgIpc) is 3.15. The van der Waals surface area contributed by atoms with Gasteiger partial charge in [0, 0.05) is 22.5 Å². The molecule has 0 N–H and O–H groups in total. The highest BCUT2D eigenvalue weighted by Gasteiger charge is 2.55. The Bertz CT molecular complexity index is 718. The van der Waals surface area contributed by atoms with Gasteiger partial charge in [-0.25, -0.2) is 4.79 Å². The van der Waals surface area contributed by atoms with Gasteiger partial charge < -0.3 is 0 Å². The smallest absolute Gasteiger partial charge is 0.133 e. The van der Waals surface area contributed by atoms with Crippen LogP contribution in [0.1, 0.15) is 72.6 Å². The topological polar surface area (TPSA) is 34.1 Å². The fourth-order valence-corrected chi connectivity index (χ4v) is 8.83. The van der Waals surface area contributed by atoms with Gasteiger partial charge in [-0.05, 0) is 92.1 Å². The maximum atomic E-state index is 12.3. The summed E-state index contributed by atoms with van der Waals surface area (Å²) in [6.45, 7) is 9.05. The highest BCUT2D eigenvalue weighted by atomic mass is 32.2. The Kier molecular flexibility index (Phi) is 5.00. The second-order valence-electron chi connectivity index (χ2n) is 10.4. The first-order valence-corrected chi connectivity index (χ1v) is 11.9. The van der Waals surface area contributed by atoms with E-state index >= 15 is 0 Å². The van der Waals surface area contributed by atoms with E-state index in [0.717, 1.165) is 30.8 Å². The Balaban J connectivity index is 1.59. The van der Waals surface area contributed by atoms with Crippen molar-refractivity contribution in [2.45, 2.75) is 77.9 Å². The van der Waals surface area contributed by atoms with Gasteiger partial charge in [-0.15, -0.1) is 0 Å². The summed E-state index contributed by atoms with van der Waals surface area (Å²) in [4.78, 5) is 23.5. The van der Waals surface area contributed by atoms with E-state index in [4.69, 9.17) is 0 Å². The van der Waals surface area contributed by atoms with Gasteiger partial charge in [-0.3, -0.25) is 4.79 Å². The van der Waals surface area contributed by atoms with E-state index in [1.165, 1.54) is 37.0 Å². The predicted molar refractivity (Wildman–Crippen MR) is 112 cm³/mol. The monoisotopic (exact) mass is 386 g/mol. The average molecular weight is 387 g/mol. The molecule has 148 valence electrons. The molecule has 7 atom stereocenters. The summed E-state index contributed by atoms with van der Waals surface area (Å²) >= 11 is 2.12. The summed E-state index contributed by atoms with van der Waals surface area (Å²) < 4.78 is 0. The predicted octanol–water partition coefficient (Wildman–Crippen LogP) is 5.64. The lowest BCUT2D eigenvalue weighted by Crippen LogP contribution is -2.43. The first-order valence-electron chi connectivity index (χ1n) is 10.9. The van der Waals surface area contributed by atoms with Gasteiger partial charge in [-0.2, -0.15) is 11.8 Å². The van der Waals surface area contributed by atoms with E-state index in [9.17, 15) is 9.59 Å². The first kappa shape index (κ1) is 19.5. The van der Waals surface area contributed by atoms with Crippen LogP contribution in [-0.4, -0.2) is 22.7 Å². The maximum absolute atomic E-state index is 12.3. The van der Waals surface area contributed by atoms with Crippen molar-refractivity contribution in [3.63, 3.8) is 0 Å². The maximum Gasteiger partial charge on any atom is 0.133 e. The number of carbonyl (C=O) groups is 1. The number of carbonyl (C=O) groups excluding carboxylic acids is 2. The molecule has 0 bridgehead atoms. The molecule has 0 aromatic carbocycles. The molecule has 2 nitrogen and oxygen atoms in total. The molecule has 3 fully saturated rings. The molecule has 2 saturated carbocycles. The van der Waals surface area contributed by atoms with E-state index < -0.39 is 0 Å². The lowest BCUT2D eigenvalue weighted by atomic mass is 9.56. The van der Waals surface area contributed by atoms with E-state index in [0.29, 0.717) is 22.9 Å². The number of ketones is 1. The number of rotatable bonds is 3. The van der Waals surface area contributed by atoms with E-state index in [1.54, 1.807) is 0 Å². The fourth-order valence-electron chi connectivity index (χ4n) is 7.06. The number of thioether (sulfide) groups is 1. The summed E-state index contributed by atoms with van der Waals surface area (Å²) in [5.74, 6) is 6.18. The summed E-state index contributed by atoms with van der Waals surface area (Å²) in [7, 11) is 0. The lowest BCUT2D eigenvalue weighted by Gasteiger charge is -2.48. The fraction of sp³-hybridized carbons (Fsp3) is 0.792. The van der Waals surface area contributed by atoms with Gasteiger partial charge in [0.25, 0.3) is 0 Å². The molecule has 0 aromatic rings. The summed E-state index contributed by atoms with van der Waals surface area (Å²) in [6, 6.07) is 0. The van der Waals surface area contributed by atoms with Crippen molar-refractivity contribution >= 4 is 23.5 Å². The summed E-state index contributed by atoms with van der Waals surface area (Å²) in [6.07, 6.45) is 10.2. The van der Waals surface area contributed by atoms with Crippen molar-refractivity contribution in [2.75, 3.05) is 5.75 Å². The molecule has 1 saturated heterocycles. The SMILES string of the molecule is CC(=O)C1CCC2C(CC3SCC4(C)CCC(=C=O)C=C34)C(C)CCC12C. The Morgan fingerprint density at radius 3 is 2.74 bits per heavy atom. The van der Waals surface area contributed by atoms with Crippen LogP contribution in [-0.2, 0) is 9.59 Å². The molecule has 0 spiro atoms. The van der Waals surface area contributed by atoms with Crippen molar-refractivity contribution in [3.05, 3.63) is 17.2 Å². The van der Waals surface area contributed by atoms with Gasteiger partial charge in [0.15, 0.2) is 0 Å². The van der Waals surface area contributed by atoms with Crippen molar-refractivity contribution in [3.8, 4) is 0 Å².